The van der Waals surface area contributed by atoms with Crippen LogP contribution >= 0.6 is 0 Å². The van der Waals surface area contributed by atoms with E-state index in [1.54, 1.807) is 0 Å². The van der Waals surface area contributed by atoms with Crippen LogP contribution in [0.5, 0.6) is 0 Å². The van der Waals surface area contributed by atoms with Crippen molar-refractivity contribution in [2.75, 3.05) is 25.0 Å². The van der Waals surface area contributed by atoms with Crippen LogP contribution in [-0.4, -0.2) is 24.5 Å². The highest BCUT2D eigenvalue weighted by Crippen LogP contribution is 2.19. The van der Waals surface area contributed by atoms with Gasteiger partial charge in [0.2, 0.25) is 0 Å². The van der Waals surface area contributed by atoms with E-state index in [1.165, 1.54) is 24.2 Å². The molecular formula is C12H18N2. The van der Waals surface area contributed by atoms with Gasteiger partial charge in [-0.2, -0.15) is 0 Å². The van der Waals surface area contributed by atoms with Gasteiger partial charge in [0.05, 0.1) is 0 Å². The molecule has 0 atom stereocenters. The van der Waals surface area contributed by atoms with Gasteiger partial charge in [0.15, 0.2) is 0 Å². The molecular weight excluding hydrogens is 172 g/mol. The molecule has 2 heteroatoms. The molecule has 2 nitrogen and oxygen atoms in total. The van der Waals surface area contributed by atoms with E-state index in [-0.39, 0.29) is 0 Å². The standard InChI is InChI=1S/C12H18N2/c1-2-8-14-9-7-13-12-6-4-3-5-11(12)10-14/h3-6,13H,2,7-10H2,1H3. The quantitative estimate of drug-likeness (QED) is 0.770. The van der Waals surface area contributed by atoms with Crippen LogP contribution in [0.15, 0.2) is 24.3 Å². The van der Waals surface area contributed by atoms with Crippen molar-refractivity contribution in [3.05, 3.63) is 29.8 Å². The van der Waals surface area contributed by atoms with Gasteiger partial charge in [-0.15, -0.1) is 0 Å². The van der Waals surface area contributed by atoms with Crippen molar-refractivity contribution in [2.24, 2.45) is 0 Å². The Balaban J connectivity index is 2.14. The molecule has 0 aliphatic carbocycles. The number of hydrogen-bond acceptors (Lipinski definition) is 2. The van der Waals surface area contributed by atoms with Crippen molar-refractivity contribution < 1.29 is 0 Å². The molecule has 1 aromatic carbocycles. The lowest BCUT2D eigenvalue weighted by atomic mass is 10.1. The molecule has 0 aromatic heterocycles. The number of benzene rings is 1. The van der Waals surface area contributed by atoms with Gasteiger partial charge in [0, 0.05) is 25.3 Å². The number of fused-ring (bicyclic) bond motifs is 1. The lowest BCUT2D eigenvalue weighted by Gasteiger charge is -2.18. The molecule has 0 bridgehead atoms. The number of rotatable bonds is 2. The summed E-state index contributed by atoms with van der Waals surface area (Å²) in [7, 11) is 0. The van der Waals surface area contributed by atoms with Crippen LogP contribution in [0, 0.1) is 0 Å². The van der Waals surface area contributed by atoms with Crippen LogP contribution in [0.4, 0.5) is 5.69 Å². The van der Waals surface area contributed by atoms with Crippen LogP contribution in [0.2, 0.25) is 0 Å². The van der Waals surface area contributed by atoms with Gasteiger partial charge in [-0.25, -0.2) is 0 Å². The van der Waals surface area contributed by atoms with E-state index in [0.717, 1.165) is 19.6 Å². The van der Waals surface area contributed by atoms with Crippen molar-refractivity contribution in [1.82, 2.24) is 4.90 Å². The maximum atomic E-state index is 3.47. The molecule has 1 aliphatic heterocycles. The number of nitrogens with zero attached hydrogens (tertiary/aromatic N) is 1. The third kappa shape index (κ3) is 2.07. The summed E-state index contributed by atoms with van der Waals surface area (Å²) in [5, 5.41) is 3.47. The van der Waals surface area contributed by atoms with E-state index >= 15 is 0 Å². The first-order chi connectivity index (χ1) is 6.90. The first-order valence-electron chi connectivity index (χ1n) is 5.44. The Bertz CT molecular complexity index is 296. The van der Waals surface area contributed by atoms with Crippen molar-refractivity contribution in [2.45, 2.75) is 19.9 Å². The van der Waals surface area contributed by atoms with Crippen LogP contribution < -0.4 is 5.32 Å². The van der Waals surface area contributed by atoms with Crippen LogP contribution in [-0.2, 0) is 6.54 Å². The fraction of sp³-hybridized carbons (Fsp3) is 0.500. The molecule has 1 aliphatic rings. The van der Waals surface area contributed by atoms with Crippen molar-refractivity contribution >= 4 is 5.69 Å². The third-order valence-electron chi connectivity index (χ3n) is 2.69. The Morgan fingerprint density at radius 3 is 3.07 bits per heavy atom. The molecule has 1 N–H and O–H groups in total. The van der Waals surface area contributed by atoms with Gasteiger partial charge in [-0.05, 0) is 24.6 Å². The van der Waals surface area contributed by atoms with Crippen LogP contribution in [0.3, 0.4) is 0 Å². The highest BCUT2D eigenvalue weighted by molar-refractivity contribution is 5.51. The summed E-state index contributed by atoms with van der Waals surface area (Å²) in [4.78, 5) is 2.51. The molecule has 0 spiro atoms. The van der Waals surface area contributed by atoms with E-state index in [1.807, 2.05) is 0 Å². The van der Waals surface area contributed by atoms with E-state index in [0.29, 0.717) is 0 Å². The van der Waals surface area contributed by atoms with Crippen LogP contribution in [0.1, 0.15) is 18.9 Å². The zero-order valence-electron chi connectivity index (χ0n) is 8.79. The van der Waals surface area contributed by atoms with Crippen molar-refractivity contribution in [3.8, 4) is 0 Å². The summed E-state index contributed by atoms with van der Waals surface area (Å²) in [6.45, 7) is 6.76. The lowest BCUT2D eigenvalue weighted by molar-refractivity contribution is 0.281. The average molecular weight is 190 g/mol. The Hall–Kier alpha value is -1.02. The SMILES string of the molecule is CCCN1CCNc2ccccc2C1. The van der Waals surface area contributed by atoms with Crippen molar-refractivity contribution in [1.29, 1.82) is 0 Å². The fourth-order valence-corrected chi connectivity index (χ4v) is 2.01. The minimum Gasteiger partial charge on any atom is -0.383 e. The Morgan fingerprint density at radius 1 is 1.36 bits per heavy atom. The fourth-order valence-electron chi connectivity index (χ4n) is 2.01. The first-order valence-corrected chi connectivity index (χ1v) is 5.44. The summed E-state index contributed by atoms with van der Waals surface area (Å²) in [5.41, 5.74) is 2.74. The summed E-state index contributed by atoms with van der Waals surface area (Å²) in [5.74, 6) is 0. The Morgan fingerprint density at radius 2 is 2.21 bits per heavy atom. The highest BCUT2D eigenvalue weighted by atomic mass is 15.1. The smallest absolute Gasteiger partial charge is 0.0386 e. The molecule has 76 valence electrons. The van der Waals surface area contributed by atoms with Gasteiger partial charge in [0.25, 0.3) is 0 Å². The lowest BCUT2D eigenvalue weighted by Crippen LogP contribution is -2.26. The van der Waals surface area contributed by atoms with E-state index in [2.05, 4.69) is 41.4 Å². The zero-order valence-corrected chi connectivity index (χ0v) is 8.79. The van der Waals surface area contributed by atoms with Gasteiger partial charge >= 0.3 is 0 Å². The van der Waals surface area contributed by atoms with Gasteiger partial charge in [-0.1, -0.05) is 25.1 Å². The normalized spacial score (nSPS) is 16.9. The molecule has 0 fully saturated rings. The molecule has 2 rings (SSSR count). The predicted octanol–water partition coefficient (Wildman–Crippen LogP) is 2.32. The number of nitrogens with one attached hydrogen (secondary N) is 1. The number of para-hydroxylation sites is 1. The zero-order chi connectivity index (χ0) is 9.80. The second-order valence-electron chi connectivity index (χ2n) is 3.86. The Kier molecular flexibility index (Phi) is 3.04. The maximum Gasteiger partial charge on any atom is 0.0386 e. The number of hydrogen-bond donors (Lipinski definition) is 1. The largest absolute Gasteiger partial charge is 0.383 e. The van der Waals surface area contributed by atoms with E-state index in [9.17, 15) is 0 Å². The van der Waals surface area contributed by atoms with Gasteiger partial charge in [-0.3, -0.25) is 4.90 Å². The summed E-state index contributed by atoms with van der Waals surface area (Å²) >= 11 is 0. The minimum atomic E-state index is 1.07. The third-order valence-corrected chi connectivity index (χ3v) is 2.69. The molecule has 14 heavy (non-hydrogen) atoms. The molecule has 0 saturated heterocycles. The molecule has 1 heterocycles. The van der Waals surface area contributed by atoms with Crippen molar-refractivity contribution in [3.63, 3.8) is 0 Å². The summed E-state index contributed by atoms with van der Waals surface area (Å²) in [6, 6.07) is 8.61. The maximum absolute atomic E-state index is 3.47. The highest BCUT2D eigenvalue weighted by Gasteiger charge is 2.11. The van der Waals surface area contributed by atoms with Gasteiger partial charge in [0.1, 0.15) is 0 Å². The van der Waals surface area contributed by atoms with E-state index in [4.69, 9.17) is 0 Å². The molecule has 0 unspecified atom stereocenters. The number of anilines is 1. The molecule has 1 aromatic rings. The van der Waals surface area contributed by atoms with Crippen LogP contribution in [0.25, 0.3) is 0 Å². The molecule has 0 saturated carbocycles. The monoisotopic (exact) mass is 190 g/mol. The van der Waals surface area contributed by atoms with E-state index < -0.39 is 0 Å². The summed E-state index contributed by atoms with van der Waals surface area (Å²) in [6.07, 6.45) is 1.24. The predicted molar refractivity (Wildman–Crippen MR) is 60.5 cm³/mol. The topological polar surface area (TPSA) is 15.3 Å². The summed E-state index contributed by atoms with van der Waals surface area (Å²) < 4.78 is 0. The molecule has 0 amide bonds. The second kappa shape index (κ2) is 4.47. The minimum absolute atomic E-state index is 1.07. The second-order valence-corrected chi connectivity index (χ2v) is 3.86. The first kappa shape index (κ1) is 9.53. The molecule has 0 radical (unpaired) electrons. The van der Waals surface area contributed by atoms with Gasteiger partial charge < -0.3 is 5.32 Å². The average Bonchev–Trinajstić information content (AvgIpc) is 2.40. The Labute approximate surface area is 85.9 Å².